The minimum absolute atomic E-state index is 0.846. The van der Waals surface area contributed by atoms with Gasteiger partial charge >= 0.3 is 0 Å². The molecule has 0 aliphatic rings. The lowest BCUT2D eigenvalue weighted by Gasteiger charge is -2.19. The van der Waals surface area contributed by atoms with Gasteiger partial charge in [0.05, 0.1) is 22.2 Å². The Balaban J connectivity index is 0.988. The standard InChI is InChI=1S/C55H34N4/c1-3-12-37-30-40(21-19-35(37)10-1)53-44-14-5-6-15-45(44)54(41-22-20-36-11-2-4-13-38(36)31-41)48-32-39(23-26-46(48)53)42-24-27-49(57-33-42)43-25-28-52(58-34-43)59-50-17-8-7-16-47(50)55-51(59)18-9-29-56-55/h1-34H. The summed E-state index contributed by atoms with van der Waals surface area (Å²) in [6, 6.07) is 67.6. The Kier molecular flexibility index (Phi) is 7.50. The van der Waals surface area contributed by atoms with Gasteiger partial charge in [0.2, 0.25) is 0 Å². The summed E-state index contributed by atoms with van der Waals surface area (Å²) in [5, 5.41) is 11.0. The van der Waals surface area contributed by atoms with E-state index in [-0.39, 0.29) is 0 Å². The molecule has 0 saturated carbocycles. The molecule has 12 rings (SSSR count). The van der Waals surface area contributed by atoms with Crippen molar-refractivity contribution in [1.82, 2.24) is 19.5 Å². The average Bonchev–Trinajstić information content (AvgIpc) is 3.65. The van der Waals surface area contributed by atoms with Gasteiger partial charge < -0.3 is 0 Å². The predicted octanol–water partition coefficient (Wildman–Crippen LogP) is 14.2. The quantitative estimate of drug-likeness (QED) is 0.165. The van der Waals surface area contributed by atoms with Crippen LogP contribution in [0.4, 0.5) is 0 Å². The Labute approximate surface area is 340 Å². The third kappa shape index (κ3) is 5.42. The molecule has 0 aliphatic carbocycles. The predicted molar refractivity (Wildman–Crippen MR) is 246 cm³/mol. The normalized spacial score (nSPS) is 11.7. The summed E-state index contributed by atoms with van der Waals surface area (Å²) in [5.74, 6) is 0.846. The molecule has 4 nitrogen and oxygen atoms in total. The van der Waals surface area contributed by atoms with Crippen molar-refractivity contribution in [2.75, 3.05) is 0 Å². The summed E-state index contributed by atoms with van der Waals surface area (Å²) in [6.07, 6.45) is 5.75. The molecule has 4 aromatic heterocycles. The fraction of sp³-hybridized carbons (Fsp3) is 0. The first-order valence-electron chi connectivity index (χ1n) is 20.0. The van der Waals surface area contributed by atoms with Crippen molar-refractivity contribution in [3.05, 3.63) is 207 Å². The SMILES string of the molecule is c1ccc2cc(-c3c4ccccc4c(-c4ccc5ccccc5c4)c4cc(-c5ccc(-c6ccc(-n7c8ccccc8c8ncccc87)nc6)nc5)ccc34)ccc2c1. The van der Waals surface area contributed by atoms with E-state index in [1.54, 1.807) is 0 Å². The number of fused-ring (bicyclic) bond motifs is 7. The molecule has 0 atom stereocenters. The molecule has 0 unspecified atom stereocenters. The monoisotopic (exact) mass is 750 g/mol. The van der Waals surface area contributed by atoms with E-state index in [0.717, 1.165) is 50.1 Å². The number of nitrogens with zero attached hydrogens (tertiary/aromatic N) is 4. The van der Waals surface area contributed by atoms with Crippen LogP contribution in [0.15, 0.2) is 207 Å². The molecule has 0 aliphatic heterocycles. The number of benzene rings is 8. The van der Waals surface area contributed by atoms with Crippen molar-refractivity contribution in [3.63, 3.8) is 0 Å². The van der Waals surface area contributed by atoms with Crippen molar-refractivity contribution in [1.29, 1.82) is 0 Å². The van der Waals surface area contributed by atoms with Crippen LogP contribution in [0.1, 0.15) is 0 Å². The number of aromatic nitrogens is 4. The molecule has 0 saturated heterocycles. The highest BCUT2D eigenvalue weighted by atomic mass is 15.1. The number of hydrogen-bond donors (Lipinski definition) is 0. The lowest BCUT2D eigenvalue weighted by atomic mass is 9.84. The molecule has 274 valence electrons. The van der Waals surface area contributed by atoms with Gasteiger partial charge in [-0.3, -0.25) is 14.5 Å². The fourth-order valence-corrected chi connectivity index (χ4v) is 9.11. The Morgan fingerprint density at radius 1 is 0.322 bits per heavy atom. The zero-order valence-electron chi connectivity index (χ0n) is 31.9. The second-order valence-corrected chi connectivity index (χ2v) is 15.2. The Morgan fingerprint density at radius 2 is 0.881 bits per heavy atom. The molecule has 12 aromatic rings. The first kappa shape index (κ1) is 33.2. The van der Waals surface area contributed by atoms with Crippen LogP contribution in [0.2, 0.25) is 0 Å². The van der Waals surface area contributed by atoms with Gasteiger partial charge in [-0.2, -0.15) is 0 Å². The van der Waals surface area contributed by atoms with E-state index in [2.05, 4.69) is 192 Å². The van der Waals surface area contributed by atoms with Crippen molar-refractivity contribution < 1.29 is 0 Å². The summed E-state index contributed by atoms with van der Waals surface area (Å²) in [7, 11) is 0. The largest absolute Gasteiger partial charge is 0.292 e. The van der Waals surface area contributed by atoms with E-state index in [4.69, 9.17) is 9.97 Å². The van der Waals surface area contributed by atoms with Gasteiger partial charge in [-0.1, -0.05) is 133 Å². The van der Waals surface area contributed by atoms with Gasteiger partial charge in [0.25, 0.3) is 0 Å². The third-order valence-corrected chi connectivity index (χ3v) is 11.9. The highest BCUT2D eigenvalue weighted by molar-refractivity contribution is 6.22. The van der Waals surface area contributed by atoms with E-state index in [1.165, 1.54) is 65.3 Å². The van der Waals surface area contributed by atoms with E-state index in [1.807, 2.05) is 24.7 Å². The van der Waals surface area contributed by atoms with Crippen molar-refractivity contribution >= 4 is 65.0 Å². The minimum Gasteiger partial charge on any atom is -0.292 e. The van der Waals surface area contributed by atoms with Gasteiger partial charge in [0, 0.05) is 35.1 Å². The average molecular weight is 751 g/mol. The molecule has 0 bridgehead atoms. The Hall–Kier alpha value is -7.95. The molecule has 0 amide bonds. The first-order valence-corrected chi connectivity index (χ1v) is 20.0. The second kappa shape index (κ2) is 13.3. The maximum Gasteiger partial charge on any atom is 0.137 e. The highest BCUT2D eigenvalue weighted by Gasteiger charge is 2.19. The molecule has 0 radical (unpaired) electrons. The summed E-state index contributed by atoms with van der Waals surface area (Å²) in [6.45, 7) is 0. The molecular weight excluding hydrogens is 717 g/mol. The lowest BCUT2D eigenvalue weighted by Crippen LogP contribution is -1.97. The first-order chi connectivity index (χ1) is 29.2. The molecule has 0 fully saturated rings. The fourth-order valence-electron chi connectivity index (χ4n) is 9.11. The van der Waals surface area contributed by atoms with E-state index < -0.39 is 0 Å². The van der Waals surface area contributed by atoms with Crippen LogP contribution in [-0.2, 0) is 0 Å². The van der Waals surface area contributed by atoms with Gasteiger partial charge in [-0.05, 0) is 126 Å². The summed E-state index contributed by atoms with van der Waals surface area (Å²) >= 11 is 0. The van der Waals surface area contributed by atoms with Crippen molar-refractivity contribution in [3.8, 4) is 50.5 Å². The Morgan fingerprint density at radius 3 is 1.56 bits per heavy atom. The number of para-hydroxylation sites is 1. The van der Waals surface area contributed by atoms with Crippen LogP contribution in [0.5, 0.6) is 0 Å². The zero-order valence-corrected chi connectivity index (χ0v) is 31.9. The van der Waals surface area contributed by atoms with E-state index in [0.29, 0.717) is 0 Å². The molecule has 4 heteroatoms. The van der Waals surface area contributed by atoms with Crippen molar-refractivity contribution in [2.24, 2.45) is 0 Å². The third-order valence-electron chi connectivity index (χ3n) is 11.9. The summed E-state index contributed by atoms with van der Waals surface area (Å²) in [4.78, 5) is 14.6. The van der Waals surface area contributed by atoms with Crippen LogP contribution >= 0.6 is 0 Å². The van der Waals surface area contributed by atoms with Gasteiger partial charge in [-0.25, -0.2) is 4.98 Å². The minimum atomic E-state index is 0.846. The van der Waals surface area contributed by atoms with E-state index >= 15 is 0 Å². The summed E-state index contributed by atoms with van der Waals surface area (Å²) in [5.41, 5.74) is 12.0. The molecule has 0 N–H and O–H groups in total. The smallest absolute Gasteiger partial charge is 0.137 e. The van der Waals surface area contributed by atoms with Gasteiger partial charge in [0.1, 0.15) is 5.82 Å². The van der Waals surface area contributed by atoms with Crippen LogP contribution in [0, 0.1) is 0 Å². The maximum atomic E-state index is 5.00. The number of hydrogen-bond acceptors (Lipinski definition) is 3. The molecule has 8 aromatic carbocycles. The number of pyridine rings is 3. The van der Waals surface area contributed by atoms with Gasteiger partial charge in [0.15, 0.2) is 0 Å². The maximum absolute atomic E-state index is 5.00. The van der Waals surface area contributed by atoms with Crippen LogP contribution in [-0.4, -0.2) is 19.5 Å². The molecule has 59 heavy (non-hydrogen) atoms. The van der Waals surface area contributed by atoms with Crippen LogP contribution in [0.25, 0.3) is 115 Å². The zero-order chi connectivity index (χ0) is 38.9. The van der Waals surface area contributed by atoms with Crippen LogP contribution < -0.4 is 0 Å². The lowest BCUT2D eigenvalue weighted by molar-refractivity contribution is 1.08. The topological polar surface area (TPSA) is 43.6 Å². The summed E-state index contributed by atoms with van der Waals surface area (Å²) < 4.78 is 2.18. The Bertz CT molecular complexity index is 3550. The van der Waals surface area contributed by atoms with Crippen LogP contribution in [0.3, 0.4) is 0 Å². The van der Waals surface area contributed by atoms with Gasteiger partial charge in [-0.15, -0.1) is 0 Å². The molecule has 0 spiro atoms. The van der Waals surface area contributed by atoms with E-state index in [9.17, 15) is 0 Å². The molecular formula is C55H34N4. The highest BCUT2D eigenvalue weighted by Crippen LogP contribution is 2.46. The molecule has 4 heterocycles. The number of rotatable bonds is 5. The second-order valence-electron chi connectivity index (χ2n) is 15.2. The van der Waals surface area contributed by atoms with Crippen molar-refractivity contribution in [2.45, 2.75) is 0 Å².